The lowest BCUT2D eigenvalue weighted by molar-refractivity contribution is 0.0525. The smallest absolute Gasteiger partial charge is 0.359 e. The van der Waals surface area contributed by atoms with Crippen molar-refractivity contribution >= 4 is 33.6 Å². The van der Waals surface area contributed by atoms with Crippen molar-refractivity contribution in [1.82, 2.24) is 8.75 Å². The van der Waals surface area contributed by atoms with E-state index in [1.807, 2.05) is 0 Å². The van der Waals surface area contributed by atoms with E-state index in [1.54, 1.807) is 0 Å². The molecular formula is C5H5BrN2O2S. The first-order chi connectivity index (χ1) is 5.34. The summed E-state index contributed by atoms with van der Waals surface area (Å²) >= 11 is 4.12. The molecule has 0 fully saturated rings. The summed E-state index contributed by atoms with van der Waals surface area (Å²) in [5.41, 5.74) is 0.274. The highest BCUT2D eigenvalue weighted by molar-refractivity contribution is 9.09. The molecule has 0 N–H and O–H groups in total. The number of nitrogens with zero attached hydrogens (tertiary/aromatic N) is 2. The molecule has 0 atom stereocenters. The molecule has 1 heterocycles. The van der Waals surface area contributed by atoms with Crippen LogP contribution < -0.4 is 0 Å². The van der Waals surface area contributed by atoms with E-state index in [9.17, 15) is 4.79 Å². The Kier molecular flexibility index (Phi) is 3.44. The Labute approximate surface area is 76.0 Å². The second-order valence-electron chi connectivity index (χ2n) is 1.62. The Morgan fingerprint density at radius 1 is 1.82 bits per heavy atom. The van der Waals surface area contributed by atoms with Gasteiger partial charge in [0.15, 0.2) is 5.69 Å². The van der Waals surface area contributed by atoms with Crippen LogP contribution in [-0.4, -0.2) is 26.7 Å². The number of alkyl halides is 1. The van der Waals surface area contributed by atoms with E-state index in [0.29, 0.717) is 11.9 Å². The summed E-state index contributed by atoms with van der Waals surface area (Å²) in [5, 5.41) is 0.635. The third kappa shape index (κ3) is 2.55. The van der Waals surface area contributed by atoms with Crippen LogP contribution in [0.3, 0.4) is 0 Å². The standard InChI is InChI=1S/C5H5BrN2O2S/c6-1-2-10-5(9)4-3-7-11-8-4/h3H,1-2H2. The predicted molar refractivity (Wildman–Crippen MR) is 44.0 cm³/mol. The monoisotopic (exact) mass is 236 g/mol. The highest BCUT2D eigenvalue weighted by Crippen LogP contribution is 1.98. The zero-order valence-corrected chi connectivity index (χ0v) is 7.89. The van der Waals surface area contributed by atoms with Crippen LogP contribution in [0, 0.1) is 0 Å². The van der Waals surface area contributed by atoms with Crippen molar-refractivity contribution in [2.45, 2.75) is 0 Å². The van der Waals surface area contributed by atoms with Crippen LogP contribution in [0.15, 0.2) is 6.20 Å². The van der Waals surface area contributed by atoms with E-state index in [1.165, 1.54) is 6.20 Å². The number of hydrogen-bond donors (Lipinski definition) is 0. The van der Waals surface area contributed by atoms with Crippen LogP contribution in [0.1, 0.15) is 10.5 Å². The summed E-state index contributed by atoms with van der Waals surface area (Å²) < 4.78 is 12.1. The molecule has 0 saturated heterocycles. The quantitative estimate of drug-likeness (QED) is 0.583. The van der Waals surface area contributed by atoms with E-state index in [-0.39, 0.29) is 5.69 Å². The second kappa shape index (κ2) is 4.40. The minimum absolute atomic E-state index is 0.274. The summed E-state index contributed by atoms with van der Waals surface area (Å²) in [5.74, 6) is -0.418. The maximum atomic E-state index is 10.9. The molecule has 1 rings (SSSR count). The van der Waals surface area contributed by atoms with E-state index in [4.69, 9.17) is 4.74 Å². The molecule has 0 amide bonds. The van der Waals surface area contributed by atoms with Gasteiger partial charge in [0.25, 0.3) is 0 Å². The van der Waals surface area contributed by atoms with Crippen LogP contribution >= 0.6 is 27.7 Å². The Morgan fingerprint density at radius 2 is 2.64 bits per heavy atom. The molecule has 0 spiro atoms. The number of carbonyl (C=O) groups is 1. The van der Waals surface area contributed by atoms with Crippen molar-refractivity contribution in [2.24, 2.45) is 0 Å². The van der Waals surface area contributed by atoms with Crippen molar-refractivity contribution < 1.29 is 9.53 Å². The number of halogens is 1. The van der Waals surface area contributed by atoms with Gasteiger partial charge in [-0.25, -0.2) is 4.79 Å². The summed E-state index contributed by atoms with van der Waals surface area (Å²) in [6, 6.07) is 0. The first kappa shape index (κ1) is 8.61. The van der Waals surface area contributed by atoms with E-state index < -0.39 is 5.97 Å². The maximum Gasteiger partial charge on any atom is 0.359 e. The fourth-order valence-corrected chi connectivity index (χ4v) is 1.03. The van der Waals surface area contributed by atoms with Crippen molar-refractivity contribution in [3.8, 4) is 0 Å². The van der Waals surface area contributed by atoms with Crippen LogP contribution in [0.2, 0.25) is 0 Å². The summed E-state index contributed by atoms with van der Waals surface area (Å²) in [6.07, 6.45) is 1.39. The molecule has 0 bridgehead atoms. The average molecular weight is 237 g/mol. The van der Waals surface area contributed by atoms with E-state index >= 15 is 0 Å². The molecule has 0 unspecified atom stereocenters. The first-order valence-electron chi connectivity index (χ1n) is 2.85. The number of rotatable bonds is 3. The minimum atomic E-state index is -0.418. The molecule has 1 aromatic heterocycles. The fraction of sp³-hybridized carbons (Fsp3) is 0.400. The molecule has 0 aromatic carbocycles. The Hall–Kier alpha value is -0.490. The zero-order chi connectivity index (χ0) is 8.10. The molecule has 0 aliphatic carbocycles. The van der Waals surface area contributed by atoms with Gasteiger partial charge in [0.1, 0.15) is 6.61 Å². The summed E-state index contributed by atoms with van der Waals surface area (Å²) in [7, 11) is 0. The third-order valence-corrected chi connectivity index (χ3v) is 1.68. The van der Waals surface area contributed by atoms with Gasteiger partial charge in [0, 0.05) is 5.33 Å². The highest BCUT2D eigenvalue weighted by Gasteiger charge is 2.08. The van der Waals surface area contributed by atoms with Crippen molar-refractivity contribution in [1.29, 1.82) is 0 Å². The topological polar surface area (TPSA) is 52.1 Å². The molecule has 4 nitrogen and oxygen atoms in total. The first-order valence-corrected chi connectivity index (χ1v) is 4.70. The predicted octanol–water partition coefficient (Wildman–Crippen LogP) is 1.09. The van der Waals surface area contributed by atoms with Gasteiger partial charge < -0.3 is 4.74 Å². The zero-order valence-electron chi connectivity index (χ0n) is 5.49. The third-order valence-electron chi connectivity index (χ3n) is 0.881. The van der Waals surface area contributed by atoms with Crippen molar-refractivity contribution in [3.05, 3.63) is 11.9 Å². The van der Waals surface area contributed by atoms with E-state index in [0.717, 1.165) is 11.7 Å². The Bertz CT molecular complexity index is 226. The normalized spacial score (nSPS) is 9.55. The Morgan fingerprint density at radius 3 is 3.18 bits per heavy atom. The van der Waals surface area contributed by atoms with E-state index in [2.05, 4.69) is 24.7 Å². The van der Waals surface area contributed by atoms with Crippen molar-refractivity contribution in [3.63, 3.8) is 0 Å². The largest absolute Gasteiger partial charge is 0.460 e. The van der Waals surface area contributed by atoms with Crippen LogP contribution in [0.4, 0.5) is 0 Å². The lowest BCUT2D eigenvalue weighted by atomic mass is 10.5. The average Bonchev–Trinajstić information content (AvgIpc) is 2.52. The van der Waals surface area contributed by atoms with Gasteiger partial charge in [0.05, 0.1) is 17.9 Å². The van der Waals surface area contributed by atoms with Crippen LogP contribution in [0.5, 0.6) is 0 Å². The van der Waals surface area contributed by atoms with Crippen LogP contribution in [-0.2, 0) is 4.74 Å². The lowest BCUT2D eigenvalue weighted by Gasteiger charge is -1.96. The molecule has 11 heavy (non-hydrogen) atoms. The highest BCUT2D eigenvalue weighted by atomic mass is 79.9. The molecule has 1 aromatic rings. The Balaban J connectivity index is 2.43. The molecule has 6 heteroatoms. The van der Waals surface area contributed by atoms with Gasteiger partial charge in [-0.05, 0) is 0 Å². The SMILES string of the molecule is O=C(OCCBr)c1cnsn1. The number of ether oxygens (including phenoxy) is 1. The molecule has 0 aliphatic rings. The van der Waals surface area contributed by atoms with Gasteiger partial charge in [-0.2, -0.15) is 8.75 Å². The second-order valence-corrected chi connectivity index (χ2v) is 2.97. The van der Waals surface area contributed by atoms with Crippen LogP contribution in [0.25, 0.3) is 0 Å². The number of esters is 1. The number of carbonyl (C=O) groups excluding carboxylic acids is 1. The van der Waals surface area contributed by atoms with Gasteiger partial charge >= 0.3 is 5.97 Å². The molecule has 60 valence electrons. The van der Waals surface area contributed by atoms with Crippen molar-refractivity contribution in [2.75, 3.05) is 11.9 Å². The summed E-state index contributed by atoms with van der Waals surface area (Å²) in [4.78, 5) is 10.9. The number of aromatic nitrogens is 2. The van der Waals surface area contributed by atoms with Gasteiger partial charge in [-0.1, -0.05) is 15.9 Å². The lowest BCUT2D eigenvalue weighted by Crippen LogP contribution is -2.06. The summed E-state index contributed by atoms with van der Waals surface area (Å²) in [6.45, 7) is 0.357. The number of hydrogen-bond acceptors (Lipinski definition) is 5. The minimum Gasteiger partial charge on any atom is -0.460 e. The maximum absolute atomic E-state index is 10.9. The molecule has 0 radical (unpaired) electrons. The molecule has 0 aliphatic heterocycles. The van der Waals surface area contributed by atoms with Gasteiger partial charge in [-0.3, -0.25) is 0 Å². The van der Waals surface area contributed by atoms with Gasteiger partial charge in [-0.15, -0.1) is 0 Å². The molecular weight excluding hydrogens is 232 g/mol. The fourth-order valence-electron chi connectivity index (χ4n) is 0.460. The molecule has 0 saturated carbocycles. The van der Waals surface area contributed by atoms with Gasteiger partial charge in [0.2, 0.25) is 0 Å².